The Kier molecular flexibility index (Phi) is 2.92. The zero-order chi connectivity index (χ0) is 12.6. The Bertz CT molecular complexity index is 538. The molecule has 0 saturated heterocycles. The van der Waals surface area contributed by atoms with E-state index >= 15 is 0 Å². The van der Waals surface area contributed by atoms with Gasteiger partial charge in [-0.3, -0.25) is 0 Å². The second-order valence-corrected chi connectivity index (χ2v) is 4.67. The van der Waals surface area contributed by atoms with Crippen molar-refractivity contribution in [2.24, 2.45) is 0 Å². The Morgan fingerprint density at radius 1 is 1.18 bits per heavy atom. The van der Waals surface area contributed by atoms with Gasteiger partial charge in [-0.15, -0.1) is 0 Å². The molecule has 0 unspecified atom stereocenters. The number of anilines is 1. The molecular formula is C14H19N3. The molecule has 0 saturated carbocycles. The van der Waals surface area contributed by atoms with Crippen molar-refractivity contribution in [1.29, 1.82) is 0 Å². The van der Waals surface area contributed by atoms with Crippen LogP contribution in [0, 0.1) is 13.8 Å². The SMILES string of the molecule is Cc1ccccc1-c1nc(C)n(C(C)C)c1N. The first-order chi connectivity index (χ1) is 8.02. The molecule has 0 amide bonds. The standard InChI is InChI=1S/C14H19N3/c1-9(2)17-11(4)16-13(14(17)15)12-8-6-5-7-10(12)3/h5-9H,15H2,1-4H3. The molecule has 0 bridgehead atoms. The predicted octanol–water partition coefficient (Wildman–Crippen LogP) is 3.33. The lowest BCUT2D eigenvalue weighted by Crippen LogP contribution is -2.07. The van der Waals surface area contributed by atoms with Crippen LogP contribution >= 0.6 is 0 Å². The van der Waals surface area contributed by atoms with E-state index in [2.05, 4.69) is 42.5 Å². The van der Waals surface area contributed by atoms with Crippen molar-refractivity contribution in [2.75, 3.05) is 5.73 Å². The highest BCUT2D eigenvalue weighted by Gasteiger charge is 2.16. The van der Waals surface area contributed by atoms with Gasteiger partial charge in [-0.25, -0.2) is 4.98 Å². The topological polar surface area (TPSA) is 43.8 Å². The van der Waals surface area contributed by atoms with Crippen LogP contribution < -0.4 is 5.73 Å². The lowest BCUT2D eigenvalue weighted by Gasteiger charge is -2.11. The molecule has 2 rings (SSSR count). The van der Waals surface area contributed by atoms with Crippen molar-refractivity contribution in [3.05, 3.63) is 35.7 Å². The van der Waals surface area contributed by atoms with Crippen LogP contribution in [0.3, 0.4) is 0 Å². The van der Waals surface area contributed by atoms with Gasteiger partial charge in [0.2, 0.25) is 0 Å². The summed E-state index contributed by atoms with van der Waals surface area (Å²) in [5.74, 6) is 1.72. The lowest BCUT2D eigenvalue weighted by atomic mass is 10.1. The van der Waals surface area contributed by atoms with Gasteiger partial charge in [0.1, 0.15) is 17.3 Å². The minimum atomic E-state index is 0.334. The van der Waals surface area contributed by atoms with Gasteiger partial charge in [-0.05, 0) is 33.3 Å². The summed E-state index contributed by atoms with van der Waals surface area (Å²) in [6, 6.07) is 8.53. The predicted molar refractivity (Wildman–Crippen MR) is 71.9 cm³/mol. The highest BCUT2D eigenvalue weighted by molar-refractivity contribution is 5.73. The Morgan fingerprint density at radius 3 is 2.35 bits per heavy atom. The number of hydrogen-bond acceptors (Lipinski definition) is 2. The minimum Gasteiger partial charge on any atom is -0.383 e. The first-order valence-corrected chi connectivity index (χ1v) is 5.92. The summed E-state index contributed by atoms with van der Waals surface area (Å²) in [4.78, 5) is 4.60. The van der Waals surface area contributed by atoms with Crippen molar-refractivity contribution in [1.82, 2.24) is 9.55 Å². The molecule has 1 aromatic carbocycles. The van der Waals surface area contributed by atoms with E-state index in [4.69, 9.17) is 5.73 Å². The molecule has 0 aliphatic carbocycles. The van der Waals surface area contributed by atoms with Crippen LogP contribution in [0.5, 0.6) is 0 Å². The maximum Gasteiger partial charge on any atom is 0.131 e. The number of nitrogens with zero attached hydrogens (tertiary/aromatic N) is 2. The third kappa shape index (κ3) is 1.93. The molecule has 0 aliphatic rings. The van der Waals surface area contributed by atoms with Crippen molar-refractivity contribution < 1.29 is 0 Å². The third-order valence-corrected chi connectivity index (χ3v) is 3.04. The molecule has 3 heteroatoms. The van der Waals surface area contributed by atoms with Crippen LogP contribution in [0.1, 0.15) is 31.3 Å². The fraction of sp³-hybridized carbons (Fsp3) is 0.357. The second kappa shape index (κ2) is 4.24. The van der Waals surface area contributed by atoms with E-state index in [9.17, 15) is 0 Å². The monoisotopic (exact) mass is 229 g/mol. The average molecular weight is 229 g/mol. The third-order valence-electron chi connectivity index (χ3n) is 3.04. The largest absolute Gasteiger partial charge is 0.383 e. The van der Waals surface area contributed by atoms with Gasteiger partial charge in [0, 0.05) is 11.6 Å². The quantitative estimate of drug-likeness (QED) is 0.858. The summed E-state index contributed by atoms with van der Waals surface area (Å²) in [6.07, 6.45) is 0. The number of benzene rings is 1. The summed E-state index contributed by atoms with van der Waals surface area (Å²) in [6.45, 7) is 8.32. The first kappa shape index (κ1) is 11.7. The van der Waals surface area contributed by atoms with Crippen molar-refractivity contribution in [3.8, 4) is 11.3 Å². The highest BCUT2D eigenvalue weighted by Crippen LogP contribution is 2.30. The molecule has 2 N–H and O–H groups in total. The molecule has 3 nitrogen and oxygen atoms in total. The molecule has 0 radical (unpaired) electrons. The molecule has 0 atom stereocenters. The Labute approximate surface area is 102 Å². The van der Waals surface area contributed by atoms with Crippen LogP contribution in [0.25, 0.3) is 11.3 Å². The summed E-state index contributed by atoms with van der Waals surface area (Å²) in [5.41, 5.74) is 9.42. The fourth-order valence-corrected chi connectivity index (χ4v) is 2.25. The molecule has 1 aromatic heterocycles. The number of rotatable bonds is 2. The van der Waals surface area contributed by atoms with Crippen molar-refractivity contribution >= 4 is 5.82 Å². The zero-order valence-electron chi connectivity index (χ0n) is 10.9. The number of aromatic nitrogens is 2. The number of nitrogens with two attached hydrogens (primary N) is 1. The number of imidazole rings is 1. The summed E-state index contributed by atoms with van der Waals surface area (Å²) >= 11 is 0. The second-order valence-electron chi connectivity index (χ2n) is 4.67. The van der Waals surface area contributed by atoms with Crippen LogP contribution in [0.2, 0.25) is 0 Å². The fourth-order valence-electron chi connectivity index (χ4n) is 2.25. The summed E-state index contributed by atoms with van der Waals surface area (Å²) in [5, 5.41) is 0. The highest BCUT2D eigenvalue weighted by atomic mass is 15.2. The van der Waals surface area contributed by atoms with Gasteiger partial charge >= 0.3 is 0 Å². The van der Waals surface area contributed by atoms with Gasteiger partial charge in [-0.2, -0.15) is 0 Å². The van der Waals surface area contributed by atoms with Crippen molar-refractivity contribution in [3.63, 3.8) is 0 Å². The van der Waals surface area contributed by atoms with E-state index in [1.54, 1.807) is 0 Å². The van der Waals surface area contributed by atoms with Gasteiger partial charge in [0.25, 0.3) is 0 Å². The number of hydrogen-bond donors (Lipinski definition) is 1. The van der Waals surface area contributed by atoms with E-state index in [-0.39, 0.29) is 0 Å². The first-order valence-electron chi connectivity index (χ1n) is 5.92. The Morgan fingerprint density at radius 2 is 1.82 bits per heavy atom. The molecular weight excluding hydrogens is 210 g/mol. The van der Waals surface area contributed by atoms with E-state index in [1.807, 2.05) is 19.1 Å². The summed E-state index contributed by atoms with van der Waals surface area (Å²) < 4.78 is 2.07. The molecule has 0 aliphatic heterocycles. The number of aryl methyl sites for hydroxylation is 2. The number of nitrogen functional groups attached to an aromatic ring is 1. The van der Waals surface area contributed by atoms with Gasteiger partial charge in [0.15, 0.2) is 0 Å². The Hall–Kier alpha value is -1.77. The molecule has 90 valence electrons. The molecule has 1 heterocycles. The van der Waals surface area contributed by atoms with Crippen LogP contribution in [0.15, 0.2) is 24.3 Å². The average Bonchev–Trinajstić information content (AvgIpc) is 2.55. The smallest absolute Gasteiger partial charge is 0.131 e. The van der Waals surface area contributed by atoms with E-state index in [1.165, 1.54) is 5.56 Å². The van der Waals surface area contributed by atoms with Gasteiger partial charge in [-0.1, -0.05) is 24.3 Å². The van der Waals surface area contributed by atoms with Gasteiger partial charge in [0.05, 0.1) is 0 Å². The lowest BCUT2D eigenvalue weighted by molar-refractivity contribution is 0.590. The van der Waals surface area contributed by atoms with E-state index < -0.39 is 0 Å². The summed E-state index contributed by atoms with van der Waals surface area (Å²) in [7, 11) is 0. The van der Waals surface area contributed by atoms with Crippen LogP contribution in [0.4, 0.5) is 5.82 Å². The molecule has 2 aromatic rings. The van der Waals surface area contributed by atoms with E-state index in [0.29, 0.717) is 6.04 Å². The molecule has 0 fully saturated rings. The van der Waals surface area contributed by atoms with Crippen LogP contribution in [-0.2, 0) is 0 Å². The van der Waals surface area contributed by atoms with Crippen LogP contribution in [-0.4, -0.2) is 9.55 Å². The van der Waals surface area contributed by atoms with Crippen molar-refractivity contribution in [2.45, 2.75) is 33.7 Å². The maximum absolute atomic E-state index is 6.21. The maximum atomic E-state index is 6.21. The molecule has 17 heavy (non-hydrogen) atoms. The van der Waals surface area contributed by atoms with Gasteiger partial charge < -0.3 is 10.3 Å². The zero-order valence-corrected chi connectivity index (χ0v) is 10.9. The Balaban J connectivity index is 2.62. The molecule has 0 spiro atoms. The normalized spacial score (nSPS) is 11.1. The van der Waals surface area contributed by atoms with E-state index in [0.717, 1.165) is 22.9 Å². The minimum absolute atomic E-state index is 0.334.